The summed E-state index contributed by atoms with van der Waals surface area (Å²) in [6.07, 6.45) is 2.64. The lowest BCUT2D eigenvalue weighted by molar-refractivity contribution is 0.144. The van der Waals surface area contributed by atoms with Crippen molar-refractivity contribution in [2.75, 3.05) is 25.0 Å². The molecule has 4 N–H and O–H groups in total. The summed E-state index contributed by atoms with van der Waals surface area (Å²) in [5, 5.41) is 17.3. The third kappa shape index (κ3) is 2.81. The molecule has 1 fully saturated rings. The molecule has 0 spiro atoms. The minimum absolute atomic E-state index is 0.280. The summed E-state index contributed by atoms with van der Waals surface area (Å²) in [6.45, 7) is 2.83. The van der Waals surface area contributed by atoms with Crippen molar-refractivity contribution in [3.63, 3.8) is 0 Å². The van der Waals surface area contributed by atoms with Crippen LogP contribution in [0.2, 0.25) is 0 Å². The molecule has 1 aromatic carbocycles. The molecule has 0 saturated carbocycles. The Hall–Kier alpha value is -2.71. The number of H-pyrrole nitrogens is 1. The van der Waals surface area contributed by atoms with Crippen molar-refractivity contribution in [1.82, 2.24) is 24.8 Å². The number of hydrogen-bond donors (Lipinski definition) is 4. The largest absolute Gasteiger partial charge is 0.390 e. The van der Waals surface area contributed by atoms with Gasteiger partial charge < -0.3 is 20.7 Å². The fourth-order valence-electron chi connectivity index (χ4n) is 4.25. The molecule has 2 aromatic heterocycles. The maximum atomic E-state index is 12.7. The van der Waals surface area contributed by atoms with Gasteiger partial charge in [0.25, 0.3) is 0 Å². The number of rotatable bonds is 4. The predicted octanol–water partition coefficient (Wildman–Crippen LogP) is 0.647. The molecule has 3 heterocycles. The van der Waals surface area contributed by atoms with Crippen molar-refractivity contribution < 1.29 is 5.11 Å². The molecule has 8 nitrogen and oxygen atoms in total. The second-order valence-electron chi connectivity index (χ2n) is 7.39. The van der Waals surface area contributed by atoms with Crippen LogP contribution in [0.5, 0.6) is 0 Å². The number of anilines is 1. The van der Waals surface area contributed by atoms with Gasteiger partial charge >= 0.3 is 5.69 Å². The van der Waals surface area contributed by atoms with Crippen LogP contribution in [0.25, 0.3) is 11.2 Å². The molecule has 0 amide bonds. The van der Waals surface area contributed by atoms with Crippen LogP contribution in [0.3, 0.4) is 0 Å². The van der Waals surface area contributed by atoms with Crippen LogP contribution < -0.4 is 16.3 Å². The zero-order valence-electron chi connectivity index (χ0n) is 14.9. The van der Waals surface area contributed by atoms with Gasteiger partial charge in [0.2, 0.25) is 5.95 Å². The molecule has 0 radical (unpaired) electrons. The Labute approximate surface area is 155 Å². The Morgan fingerprint density at radius 3 is 3.07 bits per heavy atom. The average molecular weight is 366 g/mol. The molecule has 2 aliphatic rings. The number of nitrogens with one attached hydrogen (secondary N) is 3. The summed E-state index contributed by atoms with van der Waals surface area (Å²) in [5.41, 5.74) is 2.85. The third-order valence-corrected chi connectivity index (χ3v) is 5.61. The van der Waals surface area contributed by atoms with Gasteiger partial charge in [0.1, 0.15) is 5.52 Å². The first-order valence-electron chi connectivity index (χ1n) is 9.38. The molecular weight excluding hydrogens is 344 g/mol. The summed E-state index contributed by atoms with van der Waals surface area (Å²) in [7, 11) is 0. The van der Waals surface area contributed by atoms with E-state index in [2.05, 4.69) is 25.6 Å². The topological polar surface area (TPSA) is 108 Å². The van der Waals surface area contributed by atoms with Crippen LogP contribution in [-0.4, -0.2) is 50.4 Å². The standard InChI is InChI=1S/C19H22N6O2/c26-15-7-12-3-1-2-4-13(12)16(15)25-17-14(23-19(25)27)10-22-18(24-17)21-9-11-5-6-20-8-11/h1-4,10-11,15-16,20,26H,5-9H2,(H,23,27)(H,21,22,24)/t11-,15+,16?/m1/s1. The second kappa shape index (κ2) is 6.47. The van der Waals surface area contributed by atoms with E-state index in [0.29, 0.717) is 29.5 Å². The molecule has 3 atom stereocenters. The van der Waals surface area contributed by atoms with E-state index in [9.17, 15) is 9.90 Å². The first kappa shape index (κ1) is 16.5. The maximum absolute atomic E-state index is 12.7. The minimum Gasteiger partial charge on any atom is -0.390 e. The Morgan fingerprint density at radius 2 is 2.22 bits per heavy atom. The van der Waals surface area contributed by atoms with E-state index < -0.39 is 12.1 Å². The van der Waals surface area contributed by atoms with Gasteiger partial charge in [-0.15, -0.1) is 0 Å². The highest BCUT2D eigenvalue weighted by atomic mass is 16.3. The van der Waals surface area contributed by atoms with Gasteiger partial charge in [0, 0.05) is 13.0 Å². The Bertz CT molecular complexity index is 1040. The first-order chi connectivity index (χ1) is 13.2. The highest BCUT2D eigenvalue weighted by molar-refractivity contribution is 5.71. The maximum Gasteiger partial charge on any atom is 0.328 e. The number of aromatic amines is 1. The fraction of sp³-hybridized carbons (Fsp3) is 0.421. The number of aliphatic hydroxyl groups is 1. The Morgan fingerprint density at radius 1 is 1.33 bits per heavy atom. The number of benzene rings is 1. The lowest BCUT2D eigenvalue weighted by Gasteiger charge is -2.17. The number of aliphatic hydroxyl groups excluding tert-OH is 1. The molecule has 1 saturated heterocycles. The van der Waals surface area contributed by atoms with Gasteiger partial charge in [-0.05, 0) is 36.6 Å². The van der Waals surface area contributed by atoms with E-state index in [4.69, 9.17) is 0 Å². The second-order valence-corrected chi connectivity index (χ2v) is 7.39. The van der Waals surface area contributed by atoms with Crippen molar-refractivity contribution in [3.05, 3.63) is 52.1 Å². The van der Waals surface area contributed by atoms with Crippen LogP contribution in [0.4, 0.5) is 5.95 Å². The predicted molar refractivity (Wildman–Crippen MR) is 102 cm³/mol. The molecule has 1 unspecified atom stereocenters. The summed E-state index contributed by atoms with van der Waals surface area (Å²) in [5.74, 6) is 1.06. The highest BCUT2D eigenvalue weighted by Crippen LogP contribution is 2.35. The molecule has 1 aliphatic carbocycles. The van der Waals surface area contributed by atoms with Gasteiger partial charge in [-0.25, -0.2) is 9.78 Å². The lowest BCUT2D eigenvalue weighted by atomic mass is 10.1. The van der Waals surface area contributed by atoms with Gasteiger partial charge in [-0.1, -0.05) is 24.3 Å². The molecule has 27 heavy (non-hydrogen) atoms. The zero-order valence-corrected chi connectivity index (χ0v) is 14.9. The molecule has 1 aliphatic heterocycles. The quantitative estimate of drug-likeness (QED) is 0.540. The summed E-state index contributed by atoms with van der Waals surface area (Å²) in [6, 6.07) is 7.41. The molecule has 0 bridgehead atoms. The minimum atomic E-state index is -0.657. The smallest absolute Gasteiger partial charge is 0.328 e. The SMILES string of the molecule is O=c1[nH]c2cnc(NC[C@@H]3CCNC3)nc2n1C1c2ccccc2C[C@@H]1O. The van der Waals surface area contributed by atoms with E-state index in [-0.39, 0.29) is 5.69 Å². The molecular formula is C19H22N6O2. The number of imidazole rings is 1. The summed E-state index contributed by atoms with van der Waals surface area (Å²) < 4.78 is 1.57. The summed E-state index contributed by atoms with van der Waals surface area (Å²) >= 11 is 0. The molecule has 140 valence electrons. The summed E-state index contributed by atoms with van der Waals surface area (Å²) in [4.78, 5) is 24.4. The van der Waals surface area contributed by atoms with Gasteiger partial charge in [0.05, 0.1) is 18.3 Å². The first-order valence-corrected chi connectivity index (χ1v) is 9.38. The molecule has 5 rings (SSSR count). The normalized spacial score (nSPS) is 24.4. The molecule has 8 heteroatoms. The van der Waals surface area contributed by atoms with E-state index in [0.717, 1.165) is 37.2 Å². The zero-order chi connectivity index (χ0) is 18.4. The average Bonchev–Trinajstić information content (AvgIpc) is 3.36. The van der Waals surface area contributed by atoms with Crippen LogP contribution in [-0.2, 0) is 6.42 Å². The van der Waals surface area contributed by atoms with E-state index >= 15 is 0 Å². The van der Waals surface area contributed by atoms with Crippen LogP contribution in [0, 0.1) is 5.92 Å². The number of aromatic nitrogens is 4. The van der Waals surface area contributed by atoms with E-state index in [1.54, 1.807) is 10.8 Å². The van der Waals surface area contributed by atoms with Crippen molar-refractivity contribution in [3.8, 4) is 0 Å². The van der Waals surface area contributed by atoms with Crippen molar-refractivity contribution in [2.24, 2.45) is 5.92 Å². The lowest BCUT2D eigenvalue weighted by Crippen LogP contribution is -2.29. The van der Waals surface area contributed by atoms with Gasteiger partial charge in [0.15, 0.2) is 5.65 Å². The number of fused-ring (bicyclic) bond motifs is 2. The van der Waals surface area contributed by atoms with Crippen molar-refractivity contribution >= 4 is 17.1 Å². The third-order valence-electron chi connectivity index (χ3n) is 5.61. The van der Waals surface area contributed by atoms with Crippen molar-refractivity contribution in [2.45, 2.75) is 25.0 Å². The Kier molecular flexibility index (Phi) is 3.95. The number of nitrogens with zero attached hydrogens (tertiary/aromatic N) is 3. The molecule has 3 aromatic rings. The fourth-order valence-corrected chi connectivity index (χ4v) is 4.25. The van der Waals surface area contributed by atoms with Crippen molar-refractivity contribution in [1.29, 1.82) is 0 Å². The van der Waals surface area contributed by atoms with Gasteiger partial charge in [-0.2, -0.15) is 4.98 Å². The van der Waals surface area contributed by atoms with E-state index in [1.165, 1.54) is 0 Å². The van der Waals surface area contributed by atoms with Crippen LogP contribution >= 0.6 is 0 Å². The highest BCUT2D eigenvalue weighted by Gasteiger charge is 2.34. The van der Waals surface area contributed by atoms with Crippen LogP contribution in [0.15, 0.2) is 35.3 Å². The van der Waals surface area contributed by atoms with Crippen LogP contribution in [0.1, 0.15) is 23.6 Å². The number of hydrogen-bond acceptors (Lipinski definition) is 6. The Balaban J connectivity index is 1.53. The van der Waals surface area contributed by atoms with Gasteiger partial charge in [-0.3, -0.25) is 4.57 Å². The van der Waals surface area contributed by atoms with E-state index in [1.807, 2.05) is 24.3 Å². The monoisotopic (exact) mass is 366 g/mol.